The molecule has 0 aromatic carbocycles. The Morgan fingerprint density at radius 3 is 2.83 bits per heavy atom. The van der Waals surface area contributed by atoms with Gasteiger partial charge in [-0.05, 0) is 26.2 Å². The Bertz CT molecular complexity index is 156. The fourth-order valence-corrected chi connectivity index (χ4v) is 1.66. The molecule has 0 aliphatic heterocycles. The van der Waals surface area contributed by atoms with Crippen molar-refractivity contribution in [3.05, 3.63) is 12.2 Å². The summed E-state index contributed by atoms with van der Waals surface area (Å²) in [5.74, 6) is 0. The van der Waals surface area contributed by atoms with Crippen molar-refractivity contribution in [2.45, 2.75) is 38.3 Å². The Hall–Kier alpha value is -0.340. The molecule has 0 radical (unpaired) electrons. The number of hydrogen-bond donors (Lipinski definition) is 1. The second-order valence-corrected chi connectivity index (χ2v) is 3.71. The number of rotatable bonds is 4. The van der Waals surface area contributed by atoms with Crippen LogP contribution in [0.1, 0.15) is 26.2 Å². The van der Waals surface area contributed by atoms with E-state index in [4.69, 9.17) is 4.74 Å². The number of hydrogen-bond acceptors (Lipinski definition) is 2. The zero-order chi connectivity index (χ0) is 8.97. The summed E-state index contributed by atoms with van der Waals surface area (Å²) in [5, 5.41) is 3.47. The lowest BCUT2D eigenvalue weighted by Crippen LogP contribution is -2.28. The SMILES string of the molecule is C=C(C)CNC1CCC(OC)C1. The van der Waals surface area contributed by atoms with Crippen LogP contribution in [-0.2, 0) is 4.74 Å². The topological polar surface area (TPSA) is 21.3 Å². The molecule has 0 aromatic rings. The average Bonchev–Trinajstić information content (AvgIpc) is 2.48. The quantitative estimate of drug-likeness (QED) is 0.647. The highest BCUT2D eigenvalue weighted by molar-refractivity contribution is 4.93. The molecule has 1 fully saturated rings. The van der Waals surface area contributed by atoms with E-state index in [9.17, 15) is 0 Å². The molecule has 0 heterocycles. The highest BCUT2D eigenvalue weighted by Gasteiger charge is 2.23. The third-order valence-electron chi connectivity index (χ3n) is 2.41. The molecule has 2 heteroatoms. The Kier molecular flexibility index (Phi) is 3.76. The van der Waals surface area contributed by atoms with E-state index >= 15 is 0 Å². The maximum atomic E-state index is 5.29. The van der Waals surface area contributed by atoms with Gasteiger partial charge in [0.25, 0.3) is 0 Å². The Labute approximate surface area is 75.0 Å². The molecular weight excluding hydrogens is 150 g/mol. The largest absolute Gasteiger partial charge is 0.381 e. The first-order chi connectivity index (χ1) is 5.72. The highest BCUT2D eigenvalue weighted by atomic mass is 16.5. The van der Waals surface area contributed by atoms with E-state index < -0.39 is 0 Å². The van der Waals surface area contributed by atoms with E-state index in [1.54, 1.807) is 7.11 Å². The molecule has 0 amide bonds. The molecule has 2 atom stereocenters. The molecule has 2 unspecified atom stereocenters. The van der Waals surface area contributed by atoms with Crippen molar-refractivity contribution in [1.82, 2.24) is 5.32 Å². The minimum Gasteiger partial charge on any atom is -0.381 e. The van der Waals surface area contributed by atoms with Crippen molar-refractivity contribution >= 4 is 0 Å². The normalized spacial score (nSPS) is 29.2. The van der Waals surface area contributed by atoms with Gasteiger partial charge in [0.15, 0.2) is 0 Å². The summed E-state index contributed by atoms with van der Waals surface area (Å²) in [6.07, 6.45) is 4.08. The maximum absolute atomic E-state index is 5.29. The molecule has 1 saturated carbocycles. The molecular formula is C10H19NO. The minimum absolute atomic E-state index is 0.479. The van der Waals surface area contributed by atoms with E-state index in [-0.39, 0.29) is 0 Å². The molecule has 1 aliphatic carbocycles. The molecule has 1 N–H and O–H groups in total. The molecule has 1 aliphatic rings. The Morgan fingerprint density at radius 1 is 1.58 bits per heavy atom. The van der Waals surface area contributed by atoms with Gasteiger partial charge in [-0.25, -0.2) is 0 Å². The lowest BCUT2D eigenvalue weighted by molar-refractivity contribution is 0.107. The van der Waals surface area contributed by atoms with E-state index in [0.29, 0.717) is 12.1 Å². The van der Waals surface area contributed by atoms with Crippen LogP contribution < -0.4 is 5.32 Å². The molecule has 0 saturated heterocycles. The van der Waals surface area contributed by atoms with Crippen molar-refractivity contribution in [3.63, 3.8) is 0 Å². The van der Waals surface area contributed by atoms with Crippen LogP contribution in [0.2, 0.25) is 0 Å². The van der Waals surface area contributed by atoms with Gasteiger partial charge in [-0.2, -0.15) is 0 Å². The zero-order valence-corrected chi connectivity index (χ0v) is 8.10. The van der Waals surface area contributed by atoms with Gasteiger partial charge in [-0.3, -0.25) is 0 Å². The van der Waals surface area contributed by atoms with E-state index in [1.807, 2.05) is 0 Å². The Morgan fingerprint density at radius 2 is 2.33 bits per heavy atom. The number of nitrogens with one attached hydrogen (secondary N) is 1. The molecule has 0 spiro atoms. The fraction of sp³-hybridized carbons (Fsp3) is 0.800. The van der Waals surface area contributed by atoms with Crippen molar-refractivity contribution in [3.8, 4) is 0 Å². The van der Waals surface area contributed by atoms with Crippen LogP contribution in [0, 0.1) is 0 Å². The van der Waals surface area contributed by atoms with Crippen LogP contribution in [0.15, 0.2) is 12.2 Å². The summed E-state index contributed by atoms with van der Waals surface area (Å²) in [7, 11) is 1.80. The molecule has 12 heavy (non-hydrogen) atoms. The first kappa shape index (κ1) is 9.75. The lowest BCUT2D eigenvalue weighted by atomic mass is 10.2. The van der Waals surface area contributed by atoms with Crippen LogP contribution >= 0.6 is 0 Å². The van der Waals surface area contributed by atoms with Crippen LogP contribution in [0.4, 0.5) is 0 Å². The summed E-state index contributed by atoms with van der Waals surface area (Å²) in [5.41, 5.74) is 1.20. The van der Waals surface area contributed by atoms with Gasteiger partial charge in [-0.1, -0.05) is 12.2 Å². The van der Waals surface area contributed by atoms with Crippen molar-refractivity contribution in [1.29, 1.82) is 0 Å². The van der Waals surface area contributed by atoms with Crippen LogP contribution in [-0.4, -0.2) is 25.8 Å². The summed E-state index contributed by atoms with van der Waals surface area (Å²) in [6, 6.07) is 0.645. The molecule has 70 valence electrons. The summed E-state index contributed by atoms with van der Waals surface area (Å²) in [6.45, 7) is 6.86. The predicted molar refractivity (Wildman–Crippen MR) is 51.3 cm³/mol. The summed E-state index contributed by atoms with van der Waals surface area (Å²) >= 11 is 0. The molecule has 2 nitrogen and oxygen atoms in total. The highest BCUT2D eigenvalue weighted by Crippen LogP contribution is 2.21. The van der Waals surface area contributed by atoms with Gasteiger partial charge in [0.05, 0.1) is 6.10 Å². The van der Waals surface area contributed by atoms with Gasteiger partial charge in [0.2, 0.25) is 0 Å². The molecule has 1 rings (SSSR count). The first-order valence-electron chi connectivity index (χ1n) is 4.63. The van der Waals surface area contributed by atoms with Gasteiger partial charge in [0.1, 0.15) is 0 Å². The molecule has 0 aromatic heterocycles. The fourth-order valence-electron chi connectivity index (χ4n) is 1.66. The van der Waals surface area contributed by atoms with Crippen molar-refractivity contribution in [2.24, 2.45) is 0 Å². The van der Waals surface area contributed by atoms with Gasteiger partial charge < -0.3 is 10.1 Å². The Balaban J connectivity index is 2.15. The minimum atomic E-state index is 0.479. The van der Waals surface area contributed by atoms with Crippen LogP contribution in [0.25, 0.3) is 0 Å². The number of ether oxygens (including phenoxy) is 1. The maximum Gasteiger partial charge on any atom is 0.0586 e. The standard InChI is InChI=1S/C10H19NO/c1-8(2)7-11-9-4-5-10(6-9)12-3/h9-11H,1,4-7H2,2-3H3. The van der Waals surface area contributed by atoms with Crippen LogP contribution in [0.5, 0.6) is 0 Å². The van der Waals surface area contributed by atoms with Crippen molar-refractivity contribution < 1.29 is 4.74 Å². The van der Waals surface area contributed by atoms with Crippen LogP contribution in [0.3, 0.4) is 0 Å². The first-order valence-corrected chi connectivity index (χ1v) is 4.63. The smallest absolute Gasteiger partial charge is 0.0586 e. The third kappa shape index (κ3) is 2.95. The van der Waals surface area contributed by atoms with E-state index in [0.717, 1.165) is 13.0 Å². The average molecular weight is 169 g/mol. The number of methoxy groups -OCH3 is 1. The monoisotopic (exact) mass is 169 g/mol. The third-order valence-corrected chi connectivity index (χ3v) is 2.41. The van der Waals surface area contributed by atoms with E-state index in [2.05, 4.69) is 18.8 Å². The van der Waals surface area contributed by atoms with E-state index in [1.165, 1.54) is 18.4 Å². The van der Waals surface area contributed by atoms with Crippen molar-refractivity contribution in [2.75, 3.05) is 13.7 Å². The summed E-state index contributed by atoms with van der Waals surface area (Å²) in [4.78, 5) is 0. The summed E-state index contributed by atoms with van der Waals surface area (Å²) < 4.78 is 5.29. The second kappa shape index (κ2) is 4.63. The van der Waals surface area contributed by atoms with Gasteiger partial charge in [0, 0.05) is 19.7 Å². The van der Waals surface area contributed by atoms with Gasteiger partial charge >= 0.3 is 0 Å². The second-order valence-electron chi connectivity index (χ2n) is 3.71. The lowest BCUT2D eigenvalue weighted by Gasteiger charge is -2.12. The predicted octanol–water partition coefficient (Wildman–Crippen LogP) is 1.72. The van der Waals surface area contributed by atoms with Gasteiger partial charge in [-0.15, -0.1) is 0 Å². The molecule has 0 bridgehead atoms. The zero-order valence-electron chi connectivity index (χ0n) is 8.10.